The van der Waals surface area contributed by atoms with Crippen LogP contribution in [0, 0.1) is 6.92 Å². The fraction of sp³-hybridized carbons (Fsp3) is 0.172. The Hall–Kier alpha value is -4.36. The summed E-state index contributed by atoms with van der Waals surface area (Å²) in [4.78, 5) is 20.7. The van der Waals surface area contributed by atoms with Gasteiger partial charge in [-0.05, 0) is 44.3 Å². The first-order valence-electron chi connectivity index (χ1n) is 11.8. The molecule has 0 aliphatic heterocycles. The molecule has 0 spiro atoms. The normalized spacial score (nSPS) is 11.3. The maximum atomic E-state index is 13.9. The van der Waals surface area contributed by atoms with E-state index in [-0.39, 0.29) is 11.3 Å². The molecule has 0 saturated carbocycles. The Bertz CT molecular complexity index is 1570. The number of nitrogens with one attached hydrogen (secondary N) is 1. The summed E-state index contributed by atoms with van der Waals surface area (Å²) in [6.45, 7) is 2.95. The van der Waals surface area contributed by atoms with Crippen LogP contribution in [0.1, 0.15) is 5.69 Å². The fourth-order valence-corrected chi connectivity index (χ4v) is 4.33. The van der Waals surface area contributed by atoms with Crippen LogP contribution in [-0.2, 0) is 0 Å². The average molecular weight is 481 g/mol. The number of rotatable bonds is 7. The number of phenols is 1. The first-order chi connectivity index (χ1) is 17.4. The molecule has 2 N–H and O–H groups in total. The highest BCUT2D eigenvalue weighted by Gasteiger charge is 2.21. The van der Waals surface area contributed by atoms with Crippen molar-refractivity contribution in [3.05, 3.63) is 94.9 Å². The van der Waals surface area contributed by atoms with Crippen LogP contribution < -0.4 is 10.3 Å². The smallest absolute Gasteiger partial charge is 0.280 e. The second-order valence-electron chi connectivity index (χ2n) is 8.96. The van der Waals surface area contributed by atoms with Gasteiger partial charge in [0, 0.05) is 12.1 Å². The SMILES string of the molecule is Cc1nc2c(-c3ccccc3)c(-c3ccccc3)[nH]n2c(=O)c1-c1ccc(O)c(OCCN(C)C)c1. The number of benzene rings is 3. The van der Waals surface area contributed by atoms with Crippen LogP contribution in [0.5, 0.6) is 11.5 Å². The van der Waals surface area contributed by atoms with Crippen LogP contribution in [0.2, 0.25) is 0 Å². The minimum atomic E-state index is -0.221. The van der Waals surface area contributed by atoms with Crippen molar-refractivity contribution in [2.24, 2.45) is 0 Å². The second kappa shape index (κ2) is 9.71. The van der Waals surface area contributed by atoms with Crippen LogP contribution in [0.4, 0.5) is 0 Å². The van der Waals surface area contributed by atoms with Crippen molar-refractivity contribution in [1.82, 2.24) is 19.5 Å². The Balaban J connectivity index is 1.69. The minimum Gasteiger partial charge on any atom is -0.504 e. The Labute approximate surface area is 209 Å². The highest BCUT2D eigenvalue weighted by molar-refractivity contribution is 5.91. The molecule has 0 radical (unpaired) electrons. The molecular formula is C29H28N4O3. The molecule has 182 valence electrons. The van der Waals surface area contributed by atoms with Gasteiger partial charge in [0.15, 0.2) is 17.1 Å². The molecule has 0 aliphatic rings. The summed E-state index contributed by atoms with van der Waals surface area (Å²) in [7, 11) is 3.91. The van der Waals surface area contributed by atoms with E-state index in [1.54, 1.807) is 18.2 Å². The first-order valence-corrected chi connectivity index (χ1v) is 11.8. The third-order valence-corrected chi connectivity index (χ3v) is 6.13. The van der Waals surface area contributed by atoms with Gasteiger partial charge < -0.3 is 14.7 Å². The van der Waals surface area contributed by atoms with Gasteiger partial charge in [0.25, 0.3) is 5.56 Å². The molecule has 0 unspecified atom stereocenters. The van der Waals surface area contributed by atoms with Crippen molar-refractivity contribution in [1.29, 1.82) is 0 Å². The summed E-state index contributed by atoms with van der Waals surface area (Å²) < 4.78 is 7.29. The van der Waals surface area contributed by atoms with E-state index in [0.29, 0.717) is 41.4 Å². The molecule has 2 aromatic heterocycles. The molecule has 36 heavy (non-hydrogen) atoms. The van der Waals surface area contributed by atoms with Crippen LogP contribution >= 0.6 is 0 Å². The number of hydrogen-bond donors (Lipinski definition) is 2. The number of aromatic hydroxyl groups is 1. The molecule has 0 amide bonds. The molecule has 0 saturated heterocycles. The number of aryl methyl sites for hydroxylation is 1. The van der Waals surface area contributed by atoms with Crippen molar-refractivity contribution in [2.75, 3.05) is 27.2 Å². The lowest BCUT2D eigenvalue weighted by atomic mass is 10.0. The summed E-state index contributed by atoms with van der Waals surface area (Å²) in [6.07, 6.45) is 0. The number of likely N-dealkylation sites (N-methyl/N-ethyl adjacent to an activating group) is 1. The predicted molar refractivity (Wildman–Crippen MR) is 143 cm³/mol. The van der Waals surface area contributed by atoms with Gasteiger partial charge in [0.2, 0.25) is 0 Å². The summed E-state index contributed by atoms with van der Waals surface area (Å²) in [6, 6.07) is 24.8. The standard InChI is InChI=1S/C29H28N4O3/c1-19-25(22-14-15-23(34)24(18-22)36-17-16-32(2)3)29(35)33-28(30-19)26(20-10-6-4-7-11-20)27(31-33)21-12-8-5-9-13-21/h4-15,18,31,34H,16-17H2,1-3H3. The van der Waals surface area contributed by atoms with Gasteiger partial charge in [0.05, 0.1) is 22.5 Å². The maximum absolute atomic E-state index is 13.9. The molecule has 3 aromatic carbocycles. The molecule has 0 fully saturated rings. The largest absolute Gasteiger partial charge is 0.504 e. The van der Waals surface area contributed by atoms with E-state index >= 15 is 0 Å². The number of phenolic OH excluding ortho intramolecular Hbond substituents is 1. The number of hydrogen-bond acceptors (Lipinski definition) is 5. The van der Waals surface area contributed by atoms with Gasteiger partial charge >= 0.3 is 0 Å². The minimum absolute atomic E-state index is 0.0295. The fourth-order valence-electron chi connectivity index (χ4n) is 4.33. The van der Waals surface area contributed by atoms with Crippen LogP contribution in [0.3, 0.4) is 0 Å². The van der Waals surface area contributed by atoms with E-state index in [1.807, 2.05) is 86.6 Å². The van der Waals surface area contributed by atoms with Crippen molar-refractivity contribution < 1.29 is 9.84 Å². The molecular weight excluding hydrogens is 452 g/mol. The third-order valence-electron chi connectivity index (χ3n) is 6.13. The third kappa shape index (κ3) is 4.36. The van der Waals surface area contributed by atoms with Gasteiger partial charge in [-0.1, -0.05) is 66.7 Å². The van der Waals surface area contributed by atoms with Crippen molar-refractivity contribution >= 4 is 5.65 Å². The molecule has 7 nitrogen and oxygen atoms in total. The summed E-state index contributed by atoms with van der Waals surface area (Å²) >= 11 is 0. The van der Waals surface area contributed by atoms with Gasteiger partial charge in [-0.15, -0.1) is 0 Å². The van der Waals surface area contributed by atoms with Gasteiger partial charge in [-0.25, -0.2) is 4.98 Å². The van der Waals surface area contributed by atoms with Crippen LogP contribution in [0.25, 0.3) is 39.2 Å². The number of aromatic nitrogens is 3. The zero-order valence-corrected chi connectivity index (χ0v) is 20.5. The topological polar surface area (TPSA) is 82.9 Å². The van der Waals surface area contributed by atoms with Crippen molar-refractivity contribution in [3.8, 4) is 45.0 Å². The Morgan fingerprint density at radius 3 is 2.25 bits per heavy atom. The maximum Gasteiger partial charge on any atom is 0.280 e. The lowest BCUT2D eigenvalue weighted by Gasteiger charge is -2.13. The molecule has 2 heterocycles. The average Bonchev–Trinajstić information content (AvgIpc) is 3.26. The van der Waals surface area contributed by atoms with E-state index in [1.165, 1.54) is 4.52 Å². The number of aromatic amines is 1. The zero-order chi connectivity index (χ0) is 25.2. The quantitative estimate of drug-likeness (QED) is 0.343. The number of ether oxygens (including phenoxy) is 1. The predicted octanol–water partition coefficient (Wildman–Crippen LogP) is 4.98. The summed E-state index contributed by atoms with van der Waals surface area (Å²) in [5.74, 6) is 0.363. The van der Waals surface area contributed by atoms with Gasteiger partial charge in [-0.3, -0.25) is 9.89 Å². The highest BCUT2D eigenvalue weighted by Crippen LogP contribution is 2.36. The molecule has 0 bridgehead atoms. The summed E-state index contributed by atoms with van der Waals surface area (Å²) in [5, 5.41) is 13.6. The molecule has 0 atom stereocenters. The van der Waals surface area contributed by atoms with Crippen molar-refractivity contribution in [3.63, 3.8) is 0 Å². The number of H-pyrrole nitrogens is 1. The Morgan fingerprint density at radius 2 is 1.58 bits per heavy atom. The second-order valence-corrected chi connectivity index (χ2v) is 8.96. The zero-order valence-electron chi connectivity index (χ0n) is 20.5. The Morgan fingerprint density at radius 1 is 0.917 bits per heavy atom. The molecule has 7 heteroatoms. The molecule has 5 rings (SSSR count). The first kappa shape index (κ1) is 23.4. The van der Waals surface area contributed by atoms with E-state index in [9.17, 15) is 9.90 Å². The lowest BCUT2D eigenvalue weighted by molar-refractivity contribution is 0.252. The van der Waals surface area contributed by atoms with Crippen LogP contribution in [0.15, 0.2) is 83.7 Å². The Kier molecular flexibility index (Phi) is 6.31. The van der Waals surface area contributed by atoms with Gasteiger partial charge in [0.1, 0.15) is 6.61 Å². The van der Waals surface area contributed by atoms with E-state index in [4.69, 9.17) is 9.72 Å². The van der Waals surface area contributed by atoms with Crippen LogP contribution in [-0.4, -0.2) is 51.9 Å². The van der Waals surface area contributed by atoms with E-state index in [0.717, 1.165) is 22.4 Å². The number of fused-ring (bicyclic) bond motifs is 1. The molecule has 0 aliphatic carbocycles. The highest BCUT2D eigenvalue weighted by atomic mass is 16.5. The summed E-state index contributed by atoms with van der Waals surface area (Å²) in [5.41, 5.74) is 5.64. The van der Waals surface area contributed by atoms with E-state index in [2.05, 4.69) is 5.10 Å². The van der Waals surface area contributed by atoms with E-state index < -0.39 is 0 Å². The monoisotopic (exact) mass is 480 g/mol. The van der Waals surface area contributed by atoms with Crippen molar-refractivity contribution in [2.45, 2.75) is 6.92 Å². The molecule has 5 aromatic rings. The number of nitrogens with zero attached hydrogens (tertiary/aromatic N) is 3. The lowest BCUT2D eigenvalue weighted by Crippen LogP contribution is -2.20. The van der Waals surface area contributed by atoms with Gasteiger partial charge in [-0.2, -0.15) is 4.52 Å².